The van der Waals surface area contributed by atoms with E-state index in [1.807, 2.05) is 42.5 Å². The van der Waals surface area contributed by atoms with Gasteiger partial charge in [0.1, 0.15) is 6.26 Å². The third-order valence-electron chi connectivity index (χ3n) is 5.21. The second-order valence-electron chi connectivity index (χ2n) is 7.45. The van der Waals surface area contributed by atoms with Gasteiger partial charge in [-0.2, -0.15) is 0 Å². The van der Waals surface area contributed by atoms with Crippen LogP contribution in [0.2, 0.25) is 0 Å². The third-order valence-corrected chi connectivity index (χ3v) is 5.21. The topological polar surface area (TPSA) is 58.4 Å². The average molecular weight is 375 g/mol. The molecule has 0 spiro atoms. The van der Waals surface area contributed by atoms with Crippen LogP contribution in [0.25, 0.3) is 11.5 Å². The van der Waals surface area contributed by atoms with Crippen molar-refractivity contribution in [3.8, 4) is 11.5 Å². The van der Waals surface area contributed by atoms with Crippen LogP contribution in [0.3, 0.4) is 0 Å². The van der Waals surface area contributed by atoms with E-state index >= 15 is 0 Å². The van der Waals surface area contributed by atoms with Crippen molar-refractivity contribution in [1.29, 1.82) is 0 Å². The smallest absolute Gasteiger partial charge is 0.230 e. The van der Waals surface area contributed by atoms with Gasteiger partial charge in [-0.25, -0.2) is 4.98 Å². The van der Waals surface area contributed by atoms with Gasteiger partial charge in [0, 0.05) is 30.0 Å². The molecule has 0 saturated carbocycles. The van der Waals surface area contributed by atoms with Gasteiger partial charge in [-0.1, -0.05) is 25.1 Å². The molecule has 1 aliphatic heterocycles. The van der Waals surface area contributed by atoms with Crippen molar-refractivity contribution in [3.63, 3.8) is 0 Å². The number of hydrogen-bond donors (Lipinski definition) is 1. The fourth-order valence-corrected chi connectivity index (χ4v) is 3.49. The number of hydrogen-bond acceptors (Lipinski definition) is 4. The van der Waals surface area contributed by atoms with E-state index in [4.69, 9.17) is 4.42 Å². The van der Waals surface area contributed by atoms with Crippen LogP contribution < -0.4 is 10.2 Å². The van der Waals surface area contributed by atoms with Crippen LogP contribution in [0.5, 0.6) is 0 Å². The first-order valence-corrected chi connectivity index (χ1v) is 9.82. The predicted molar refractivity (Wildman–Crippen MR) is 111 cm³/mol. The molecule has 1 amide bonds. The highest BCUT2D eigenvalue weighted by molar-refractivity contribution is 5.92. The van der Waals surface area contributed by atoms with Gasteiger partial charge in [0.2, 0.25) is 11.8 Å². The number of oxazole rings is 1. The van der Waals surface area contributed by atoms with Crippen LogP contribution in [0.4, 0.5) is 11.4 Å². The number of carbonyl (C=O) groups is 1. The standard InChI is InChI=1S/C23H25N3O2/c1-17-11-13-26(14-12-17)21-9-7-19(8-10-21)24-22(27)15-20-16-28-23(25-20)18-5-3-2-4-6-18/h2-10,16-17H,11-15H2,1H3,(H,24,27). The molecule has 0 atom stereocenters. The van der Waals surface area contributed by atoms with E-state index in [2.05, 4.69) is 34.3 Å². The van der Waals surface area contributed by atoms with Gasteiger partial charge in [0.25, 0.3) is 0 Å². The van der Waals surface area contributed by atoms with Crippen LogP contribution in [0.1, 0.15) is 25.5 Å². The Morgan fingerprint density at radius 2 is 1.82 bits per heavy atom. The van der Waals surface area contributed by atoms with E-state index in [-0.39, 0.29) is 12.3 Å². The molecule has 0 aliphatic carbocycles. The summed E-state index contributed by atoms with van der Waals surface area (Å²) in [5.74, 6) is 1.24. The molecule has 1 N–H and O–H groups in total. The molecule has 1 fully saturated rings. The zero-order valence-corrected chi connectivity index (χ0v) is 16.1. The molecule has 1 aliphatic rings. The molecular formula is C23H25N3O2. The van der Waals surface area contributed by atoms with E-state index < -0.39 is 0 Å². The lowest BCUT2D eigenvalue weighted by Gasteiger charge is -2.32. The lowest BCUT2D eigenvalue weighted by molar-refractivity contribution is -0.115. The number of nitrogens with zero attached hydrogens (tertiary/aromatic N) is 2. The average Bonchev–Trinajstić information content (AvgIpc) is 3.18. The van der Waals surface area contributed by atoms with E-state index in [0.717, 1.165) is 30.3 Å². The number of rotatable bonds is 5. The van der Waals surface area contributed by atoms with Crippen molar-refractivity contribution >= 4 is 17.3 Å². The molecule has 0 radical (unpaired) electrons. The predicted octanol–water partition coefficient (Wildman–Crippen LogP) is 4.76. The van der Waals surface area contributed by atoms with Crippen molar-refractivity contribution in [3.05, 3.63) is 66.6 Å². The first-order valence-electron chi connectivity index (χ1n) is 9.82. The molecule has 1 saturated heterocycles. The summed E-state index contributed by atoms with van der Waals surface area (Å²) in [5, 5.41) is 2.94. The second-order valence-corrected chi connectivity index (χ2v) is 7.45. The highest BCUT2D eigenvalue weighted by Crippen LogP contribution is 2.24. The maximum absolute atomic E-state index is 12.3. The third kappa shape index (κ3) is 4.42. The lowest BCUT2D eigenvalue weighted by Crippen LogP contribution is -2.32. The van der Waals surface area contributed by atoms with Gasteiger partial charge in [-0.15, -0.1) is 0 Å². The molecule has 3 aromatic rings. The summed E-state index contributed by atoms with van der Waals surface area (Å²) < 4.78 is 5.50. The number of benzene rings is 2. The summed E-state index contributed by atoms with van der Waals surface area (Å²) in [5.41, 5.74) is 3.53. The van der Waals surface area contributed by atoms with E-state index in [1.165, 1.54) is 18.5 Å². The van der Waals surface area contributed by atoms with Crippen LogP contribution in [0.15, 0.2) is 65.3 Å². The van der Waals surface area contributed by atoms with Crippen LogP contribution in [-0.2, 0) is 11.2 Å². The molecule has 2 aromatic carbocycles. The summed E-state index contributed by atoms with van der Waals surface area (Å²) in [6.07, 6.45) is 4.20. The Bertz CT molecular complexity index is 911. The zero-order valence-electron chi connectivity index (χ0n) is 16.1. The molecule has 0 unspecified atom stereocenters. The minimum absolute atomic E-state index is 0.104. The molecule has 144 valence electrons. The van der Waals surface area contributed by atoms with E-state index in [9.17, 15) is 4.79 Å². The van der Waals surface area contributed by atoms with Crippen molar-refractivity contribution in [2.24, 2.45) is 5.92 Å². The number of carbonyl (C=O) groups excluding carboxylic acids is 1. The maximum atomic E-state index is 12.3. The van der Waals surface area contributed by atoms with E-state index in [1.54, 1.807) is 6.26 Å². The number of aromatic nitrogens is 1. The number of anilines is 2. The first kappa shape index (κ1) is 18.3. The minimum atomic E-state index is -0.104. The van der Waals surface area contributed by atoms with Crippen molar-refractivity contribution in [1.82, 2.24) is 4.98 Å². The Labute approximate surface area is 165 Å². The molecule has 4 rings (SSSR count). The Balaban J connectivity index is 1.33. The zero-order chi connectivity index (χ0) is 19.3. The normalized spacial score (nSPS) is 14.8. The molecule has 0 bridgehead atoms. The lowest BCUT2D eigenvalue weighted by atomic mass is 9.99. The molecule has 5 heteroatoms. The highest BCUT2D eigenvalue weighted by Gasteiger charge is 2.16. The number of piperidine rings is 1. The molecule has 1 aromatic heterocycles. The second kappa shape index (κ2) is 8.30. The molecular weight excluding hydrogens is 350 g/mol. The number of amides is 1. The minimum Gasteiger partial charge on any atom is -0.444 e. The largest absolute Gasteiger partial charge is 0.444 e. The van der Waals surface area contributed by atoms with Crippen molar-refractivity contribution in [2.75, 3.05) is 23.3 Å². The summed E-state index contributed by atoms with van der Waals surface area (Å²) in [6, 6.07) is 17.7. The van der Waals surface area contributed by atoms with Gasteiger partial charge in [-0.3, -0.25) is 4.79 Å². The van der Waals surface area contributed by atoms with Gasteiger partial charge in [0.15, 0.2) is 0 Å². The Kier molecular flexibility index (Phi) is 5.42. The van der Waals surface area contributed by atoms with Crippen molar-refractivity contribution < 1.29 is 9.21 Å². The Hall–Kier alpha value is -3.08. The molecule has 28 heavy (non-hydrogen) atoms. The Morgan fingerprint density at radius 3 is 2.54 bits per heavy atom. The molecule has 2 heterocycles. The number of nitrogens with one attached hydrogen (secondary N) is 1. The first-order chi connectivity index (χ1) is 13.7. The summed E-state index contributed by atoms with van der Waals surface area (Å²) in [7, 11) is 0. The van der Waals surface area contributed by atoms with E-state index in [0.29, 0.717) is 11.6 Å². The van der Waals surface area contributed by atoms with Crippen LogP contribution in [-0.4, -0.2) is 24.0 Å². The summed E-state index contributed by atoms with van der Waals surface area (Å²) in [4.78, 5) is 19.2. The van der Waals surface area contributed by atoms with Gasteiger partial charge < -0.3 is 14.6 Å². The van der Waals surface area contributed by atoms with Crippen LogP contribution in [0, 0.1) is 5.92 Å². The molecule has 5 nitrogen and oxygen atoms in total. The van der Waals surface area contributed by atoms with Gasteiger partial charge >= 0.3 is 0 Å². The Morgan fingerprint density at radius 1 is 1.11 bits per heavy atom. The fourth-order valence-electron chi connectivity index (χ4n) is 3.49. The van der Waals surface area contributed by atoms with Gasteiger partial charge in [-0.05, 0) is 55.2 Å². The van der Waals surface area contributed by atoms with Crippen molar-refractivity contribution in [2.45, 2.75) is 26.2 Å². The SMILES string of the molecule is CC1CCN(c2ccc(NC(=O)Cc3coc(-c4ccccc4)n3)cc2)CC1. The monoisotopic (exact) mass is 375 g/mol. The quantitative estimate of drug-likeness (QED) is 0.698. The van der Waals surface area contributed by atoms with Crippen LogP contribution >= 0.6 is 0 Å². The fraction of sp³-hybridized carbons (Fsp3) is 0.304. The van der Waals surface area contributed by atoms with Gasteiger partial charge in [0.05, 0.1) is 12.1 Å². The summed E-state index contributed by atoms with van der Waals surface area (Å²) in [6.45, 7) is 4.51. The maximum Gasteiger partial charge on any atom is 0.230 e. The summed E-state index contributed by atoms with van der Waals surface area (Å²) >= 11 is 0. The highest BCUT2D eigenvalue weighted by atomic mass is 16.3.